The normalized spacial score (nSPS) is 21.7. The number of hydrogen-bond donors (Lipinski definition) is 1. The van der Waals surface area contributed by atoms with Gasteiger partial charge in [-0.15, -0.1) is 0 Å². The van der Waals surface area contributed by atoms with Crippen LogP contribution in [-0.2, 0) is 9.47 Å². The number of nitrogens with one attached hydrogen (secondary N) is 1. The lowest BCUT2D eigenvalue weighted by Gasteiger charge is -2.24. The highest BCUT2D eigenvalue weighted by Crippen LogP contribution is 2.21. The third-order valence-electron chi connectivity index (χ3n) is 4.85. The highest BCUT2D eigenvalue weighted by Gasteiger charge is 2.19. The van der Waals surface area contributed by atoms with E-state index in [1.165, 1.54) is 19.3 Å². The molecule has 0 bridgehead atoms. The summed E-state index contributed by atoms with van der Waals surface area (Å²) in [5, 5.41) is 3.15. The van der Waals surface area contributed by atoms with Gasteiger partial charge in [-0.25, -0.2) is 0 Å². The number of rotatable bonds is 7. The number of carbonyl (C=O) groups is 1. The van der Waals surface area contributed by atoms with Gasteiger partial charge in [-0.2, -0.15) is 0 Å². The summed E-state index contributed by atoms with van der Waals surface area (Å²) in [7, 11) is 0. The lowest BCUT2D eigenvalue weighted by molar-refractivity contribution is -0.165. The molecular weight excluding hydrogens is 318 g/mol. The van der Waals surface area contributed by atoms with E-state index < -0.39 is 0 Å². The Morgan fingerprint density at radius 3 is 2.64 bits per heavy atom. The molecule has 0 aromatic heterocycles. The minimum atomic E-state index is -0.109. The van der Waals surface area contributed by atoms with Gasteiger partial charge in [0.2, 0.25) is 0 Å². The van der Waals surface area contributed by atoms with Crippen molar-refractivity contribution in [3.05, 3.63) is 29.8 Å². The fourth-order valence-corrected chi connectivity index (χ4v) is 3.46. The second-order valence-corrected chi connectivity index (χ2v) is 6.82. The Bertz CT molecular complexity index is 536. The maximum Gasteiger partial charge on any atom is 0.255 e. The summed E-state index contributed by atoms with van der Waals surface area (Å²) < 4.78 is 17.0. The second kappa shape index (κ2) is 9.78. The zero-order chi connectivity index (χ0) is 17.3. The molecule has 1 atom stereocenters. The Labute approximate surface area is 150 Å². The molecule has 1 aliphatic carbocycles. The fraction of sp³-hybridized carbons (Fsp3) is 0.650. The van der Waals surface area contributed by atoms with Gasteiger partial charge in [0, 0.05) is 12.6 Å². The van der Waals surface area contributed by atoms with Gasteiger partial charge in [0.25, 0.3) is 5.91 Å². The van der Waals surface area contributed by atoms with E-state index in [9.17, 15) is 4.79 Å². The third kappa shape index (κ3) is 5.72. The summed E-state index contributed by atoms with van der Waals surface area (Å²) in [5.74, 6) is 0.572. The van der Waals surface area contributed by atoms with Crippen molar-refractivity contribution in [2.24, 2.45) is 0 Å². The van der Waals surface area contributed by atoms with Crippen LogP contribution in [0.15, 0.2) is 24.3 Å². The molecule has 3 rings (SSSR count). The minimum absolute atomic E-state index is 0.0426. The molecule has 1 saturated heterocycles. The zero-order valence-electron chi connectivity index (χ0n) is 14.9. The first-order chi connectivity index (χ1) is 12.3. The predicted molar refractivity (Wildman–Crippen MR) is 95.8 cm³/mol. The molecule has 5 nitrogen and oxygen atoms in total. The van der Waals surface area contributed by atoms with E-state index in [0.717, 1.165) is 38.7 Å². The van der Waals surface area contributed by atoms with Crippen molar-refractivity contribution in [3.8, 4) is 5.75 Å². The lowest BCUT2D eigenvalue weighted by Crippen LogP contribution is -2.36. The highest BCUT2D eigenvalue weighted by molar-refractivity contribution is 5.97. The van der Waals surface area contributed by atoms with Crippen molar-refractivity contribution >= 4 is 5.91 Å². The quantitative estimate of drug-likeness (QED) is 0.765. The molecule has 1 aromatic rings. The van der Waals surface area contributed by atoms with Crippen LogP contribution < -0.4 is 10.1 Å². The first-order valence-electron chi connectivity index (χ1n) is 9.59. The van der Waals surface area contributed by atoms with Crippen LogP contribution in [0.5, 0.6) is 5.75 Å². The van der Waals surface area contributed by atoms with E-state index in [1.54, 1.807) is 0 Å². The van der Waals surface area contributed by atoms with Gasteiger partial charge < -0.3 is 19.5 Å². The maximum absolute atomic E-state index is 12.6. The molecule has 2 fully saturated rings. The highest BCUT2D eigenvalue weighted by atomic mass is 16.7. The molecule has 1 saturated carbocycles. The van der Waals surface area contributed by atoms with Crippen LogP contribution in [-0.4, -0.2) is 38.1 Å². The molecule has 1 aliphatic heterocycles. The number of hydrogen-bond acceptors (Lipinski definition) is 4. The average molecular weight is 347 g/mol. The van der Waals surface area contributed by atoms with Gasteiger partial charge in [0.05, 0.1) is 12.2 Å². The summed E-state index contributed by atoms with van der Waals surface area (Å²) in [4.78, 5) is 12.6. The number of carbonyl (C=O) groups excluding carboxylic acids is 1. The first kappa shape index (κ1) is 18.2. The van der Waals surface area contributed by atoms with Crippen LogP contribution in [0, 0.1) is 0 Å². The maximum atomic E-state index is 12.6. The average Bonchev–Trinajstić information content (AvgIpc) is 2.67. The number of ether oxygens (including phenoxy) is 3. The molecule has 1 aromatic carbocycles. The van der Waals surface area contributed by atoms with Gasteiger partial charge in [0.1, 0.15) is 12.4 Å². The van der Waals surface area contributed by atoms with Crippen LogP contribution in [0.1, 0.15) is 61.7 Å². The van der Waals surface area contributed by atoms with Gasteiger partial charge in [-0.3, -0.25) is 4.79 Å². The molecule has 0 radical (unpaired) electrons. The topological polar surface area (TPSA) is 56.8 Å². The molecular formula is C20H29NO4. The molecule has 0 spiro atoms. The van der Waals surface area contributed by atoms with Crippen LogP contribution in [0.3, 0.4) is 0 Å². The van der Waals surface area contributed by atoms with Gasteiger partial charge in [-0.05, 0) is 44.2 Å². The van der Waals surface area contributed by atoms with Crippen molar-refractivity contribution in [2.45, 2.75) is 63.7 Å². The third-order valence-corrected chi connectivity index (χ3v) is 4.85. The van der Waals surface area contributed by atoms with Crippen molar-refractivity contribution in [2.75, 3.05) is 19.8 Å². The predicted octanol–water partition coefficient (Wildman–Crippen LogP) is 3.67. The van der Waals surface area contributed by atoms with Crippen LogP contribution in [0.25, 0.3) is 0 Å². The largest absolute Gasteiger partial charge is 0.490 e. The summed E-state index contributed by atoms with van der Waals surface area (Å²) >= 11 is 0. The molecule has 138 valence electrons. The van der Waals surface area contributed by atoms with E-state index in [1.807, 2.05) is 24.3 Å². The lowest BCUT2D eigenvalue weighted by atomic mass is 9.95. The van der Waals surface area contributed by atoms with Crippen molar-refractivity contribution < 1.29 is 19.0 Å². The zero-order valence-corrected chi connectivity index (χ0v) is 14.9. The molecule has 1 N–H and O–H groups in total. The van der Waals surface area contributed by atoms with E-state index in [0.29, 0.717) is 30.6 Å². The molecule has 5 heteroatoms. The van der Waals surface area contributed by atoms with Gasteiger partial charge in [-0.1, -0.05) is 31.4 Å². The van der Waals surface area contributed by atoms with Crippen LogP contribution in [0.4, 0.5) is 0 Å². The monoisotopic (exact) mass is 347 g/mol. The Kier molecular flexibility index (Phi) is 7.12. The van der Waals surface area contributed by atoms with Gasteiger partial charge >= 0.3 is 0 Å². The number of benzene rings is 1. The van der Waals surface area contributed by atoms with E-state index >= 15 is 0 Å². The van der Waals surface area contributed by atoms with Gasteiger partial charge in [0.15, 0.2) is 6.29 Å². The van der Waals surface area contributed by atoms with E-state index in [4.69, 9.17) is 14.2 Å². The Hall–Kier alpha value is -1.59. The molecule has 1 amide bonds. The number of amides is 1. The van der Waals surface area contributed by atoms with E-state index in [-0.39, 0.29) is 12.2 Å². The molecule has 1 unspecified atom stereocenters. The van der Waals surface area contributed by atoms with Crippen molar-refractivity contribution in [1.82, 2.24) is 5.32 Å². The smallest absolute Gasteiger partial charge is 0.255 e. The van der Waals surface area contributed by atoms with Crippen molar-refractivity contribution in [1.29, 1.82) is 0 Å². The fourth-order valence-electron chi connectivity index (χ4n) is 3.46. The van der Waals surface area contributed by atoms with E-state index in [2.05, 4.69) is 5.32 Å². The summed E-state index contributed by atoms with van der Waals surface area (Å²) in [6, 6.07) is 7.71. The minimum Gasteiger partial charge on any atom is -0.490 e. The Morgan fingerprint density at radius 1 is 1.04 bits per heavy atom. The van der Waals surface area contributed by atoms with Crippen LogP contribution >= 0.6 is 0 Å². The summed E-state index contributed by atoms with van der Waals surface area (Å²) in [6.45, 7) is 1.65. The first-order valence-corrected chi connectivity index (χ1v) is 9.59. The Morgan fingerprint density at radius 2 is 1.84 bits per heavy atom. The molecule has 2 aliphatic rings. The van der Waals surface area contributed by atoms with Crippen molar-refractivity contribution in [3.63, 3.8) is 0 Å². The molecule has 1 heterocycles. The molecule has 25 heavy (non-hydrogen) atoms. The van der Waals surface area contributed by atoms with Crippen LogP contribution in [0.2, 0.25) is 0 Å². The SMILES string of the molecule is O=C(NC1CCCCC1)c1ccccc1OCCOC1CCCCO1. The summed E-state index contributed by atoms with van der Waals surface area (Å²) in [6.07, 6.45) is 8.91. The second-order valence-electron chi connectivity index (χ2n) is 6.82. The standard InChI is InChI=1S/C20H29NO4/c22-20(21-16-8-2-1-3-9-16)17-10-4-5-11-18(17)23-14-15-25-19-12-6-7-13-24-19/h4-5,10-11,16,19H,1-3,6-9,12-15H2,(H,21,22). The number of para-hydroxylation sites is 1. The summed E-state index contributed by atoms with van der Waals surface area (Å²) in [5.41, 5.74) is 0.599. The Balaban J connectivity index is 1.47.